The van der Waals surface area contributed by atoms with Gasteiger partial charge in [0, 0.05) is 23.6 Å². The number of hydrogen-bond acceptors (Lipinski definition) is 3. The topological polar surface area (TPSA) is 63.2 Å². The second-order valence-corrected chi connectivity index (χ2v) is 5.95. The first kappa shape index (κ1) is 14.9. The van der Waals surface area contributed by atoms with Crippen LogP contribution in [0.25, 0.3) is 0 Å². The number of hydrogen-bond donors (Lipinski definition) is 1. The van der Waals surface area contributed by atoms with Crippen LogP contribution in [-0.4, -0.2) is 20.7 Å². The molecule has 0 aliphatic carbocycles. The maximum Gasteiger partial charge on any atom is 0.240 e. The molecule has 0 atom stereocenters. The molecule has 0 saturated heterocycles. The van der Waals surface area contributed by atoms with Crippen LogP contribution in [0, 0.1) is 0 Å². The van der Waals surface area contributed by atoms with Crippen molar-refractivity contribution in [3.05, 3.63) is 41.4 Å². The summed E-state index contributed by atoms with van der Waals surface area (Å²) in [6.45, 7) is 5.07. The number of benzene rings is 1. The molecule has 1 aromatic carbocycles. The van der Waals surface area contributed by atoms with Crippen molar-refractivity contribution in [1.29, 1.82) is 0 Å². The van der Waals surface area contributed by atoms with Crippen LogP contribution >= 0.6 is 11.6 Å². The summed E-state index contributed by atoms with van der Waals surface area (Å²) in [7, 11) is -3.67. The summed E-state index contributed by atoms with van der Waals surface area (Å²) in [5, 5.41) is 0.194. The summed E-state index contributed by atoms with van der Waals surface area (Å²) in [5.41, 5.74) is 0.380. The Bertz CT molecular complexity index is 566. The summed E-state index contributed by atoms with van der Waals surface area (Å²) >= 11 is 5.50. The first-order valence-corrected chi connectivity index (χ1v) is 7.19. The fraction of sp³-hybridized carbons (Fsp3) is 0.250. The Morgan fingerprint density at radius 3 is 2.67 bits per heavy atom. The fourth-order valence-corrected chi connectivity index (χ4v) is 2.51. The highest BCUT2D eigenvalue weighted by Gasteiger charge is 2.15. The van der Waals surface area contributed by atoms with Crippen molar-refractivity contribution in [3.63, 3.8) is 0 Å². The maximum absolute atomic E-state index is 11.9. The lowest BCUT2D eigenvalue weighted by Gasteiger charge is -2.07. The van der Waals surface area contributed by atoms with Crippen LogP contribution in [-0.2, 0) is 10.0 Å². The van der Waals surface area contributed by atoms with E-state index in [0.717, 1.165) is 0 Å². The Kier molecular flexibility index (Phi) is 5.07. The molecule has 4 nitrogen and oxygen atoms in total. The molecule has 6 heteroatoms. The van der Waals surface area contributed by atoms with Crippen molar-refractivity contribution in [1.82, 2.24) is 4.72 Å². The molecule has 1 aromatic rings. The van der Waals surface area contributed by atoms with E-state index in [-0.39, 0.29) is 22.3 Å². The molecule has 1 N–H and O–H groups in total. The van der Waals surface area contributed by atoms with Gasteiger partial charge in [0.05, 0.1) is 4.90 Å². The molecule has 0 spiro atoms. The molecular weight excluding hydrogens is 274 g/mol. The van der Waals surface area contributed by atoms with Gasteiger partial charge < -0.3 is 0 Å². The van der Waals surface area contributed by atoms with Gasteiger partial charge in [-0.1, -0.05) is 37.2 Å². The van der Waals surface area contributed by atoms with E-state index >= 15 is 0 Å². The minimum Gasteiger partial charge on any atom is -0.294 e. The Labute approximate surface area is 112 Å². The third-order valence-corrected chi connectivity index (χ3v) is 3.77. The van der Waals surface area contributed by atoms with Crippen molar-refractivity contribution < 1.29 is 13.2 Å². The number of carbonyl (C=O) groups excluding carboxylic acids is 1. The predicted octanol–water partition coefficient (Wildman–Crippen LogP) is 2.31. The summed E-state index contributed by atoms with van der Waals surface area (Å²) in [6, 6.07) is 5.90. The summed E-state index contributed by atoms with van der Waals surface area (Å²) in [5.74, 6) is -0.103. The number of ketones is 1. The molecule has 0 amide bonds. The normalized spacial score (nSPS) is 11.2. The van der Waals surface area contributed by atoms with Gasteiger partial charge in [0.25, 0.3) is 0 Å². The molecule has 98 valence electrons. The first-order chi connectivity index (χ1) is 8.36. The van der Waals surface area contributed by atoms with Crippen LogP contribution in [0.5, 0.6) is 0 Å². The lowest BCUT2D eigenvalue weighted by Crippen LogP contribution is -2.25. The SMILES string of the molecule is C=C(Cl)CNS(=O)(=O)c1cccc(C(=O)CC)c1. The minimum absolute atomic E-state index is 0.0414. The molecule has 0 aliphatic rings. The van der Waals surface area contributed by atoms with Crippen LogP contribution in [0.15, 0.2) is 40.8 Å². The molecule has 1 rings (SSSR count). The largest absolute Gasteiger partial charge is 0.294 e. The zero-order chi connectivity index (χ0) is 13.8. The second-order valence-electron chi connectivity index (χ2n) is 3.65. The van der Waals surface area contributed by atoms with Gasteiger partial charge >= 0.3 is 0 Å². The van der Waals surface area contributed by atoms with Gasteiger partial charge in [-0.15, -0.1) is 0 Å². The van der Waals surface area contributed by atoms with Gasteiger partial charge in [0.1, 0.15) is 0 Å². The van der Waals surface area contributed by atoms with Gasteiger partial charge in [0.2, 0.25) is 10.0 Å². The minimum atomic E-state index is -3.67. The van der Waals surface area contributed by atoms with E-state index in [4.69, 9.17) is 11.6 Å². The standard InChI is InChI=1S/C12H14ClNO3S/c1-3-12(15)10-5-4-6-11(7-10)18(16,17)14-8-9(2)13/h4-7,14H,2-3,8H2,1H3. The highest BCUT2D eigenvalue weighted by molar-refractivity contribution is 7.89. The fourth-order valence-electron chi connectivity index (χ4n) is 1.30. The van der Waals surface area contributed by atoms with Crippen molar-refractivity contribution in [2.24, 2.45) is 0 Å². The quantitative estimate of drug-likeness (QED) is 0.817. The van der Waals surface area contributed by atoms with Crippen LogP contribution in [0.1, 0.15) is 23.7 Å². The number of sulfonamides is 1. The van der Waals surface area contributed by atoms with Crippen molar-refractivity contribution >= 4 is 27.4 Å². The van der Waals surface area contributed by atoms with Gasteiger partial charge in [0.15, 0.2) is 5.78 Å². The summed E-state index contributed by atoms with van der Waals surface area (Å²) in [4.78, 5) is 11.5. The molecule has 0 aromatic heterocycles. The summed E-state index contributed by atoms with van der Waals surface area (Å²) in [6.07, 6.45) is 0.329. The lowest BCUT2D eigenvalue weighted by atomic mass is 10.1. The van der Waals surface area contributed by atoms with Crippen LogP contribution in [0.3, 0.4) is 0 Å². The van der Waals surface area contributed by atoms with Gasteiger partial charge in [-0.05, 0) is 12.1 Å². The monoisotopic (exact) mass is 287 g/mol. The predicted molar refractivity (Wildman–Crippen MR) is 71.2 cm³/mol. The third kappa shape index (κ3) is 3.94. The van der Waals surface area contributed by atoms with Gasteiger partial charge in [-0.3, -0.25) is 4.79 Å². The molecule has 0 radical (unpaired) electrons. The molecule has 0 fully saturated rings. The molecule has 18 heavy (non-hydrogen) atoms. The molecule has 0 aliphatic heterocycles. The smallest absolute Gasteiger partial charge is 0.240 e. The van der Waals surface area contributed by atoms with E-state index in [2.05, 4.69) is 11.3 Å². The van der Waals surface area contributed by atoms with Crippen molar-refractivity contribution in [3.8, 4) is 0 Å². The average Bonchev–Trinajstić information content (AvgIpc) is 2.35. The van der Waals surface area contributed by atoms with Crippen molar-refractivity contribution in [2.75, 3.05) is 6.54 Å². The van der Waals surface area contributed by atoms with Crippen LogP contribution in [0.2, 0.25) is 0 Å². The average molecular weight is 288 g/mol. The molecule has 0 heterocycles. The zero-order valence-corrected chi connectivity index (χ0v) is 11.5. The zero-order valence-electron chi connectivity index (χ0n) is 9.94. The third-order valence-electron chi connectivity index (χ3n) is 2.24. The molecular formula is C12H14ClNO3S. The van der Waals surface area contributed by atoms with E-state index in [1.165, 1.54) is 18.2 Å². The first-order valence-electron chi connectivity index (χ1n) is 5.33. The highest BCUT2D eigenvalue weighted by atomic mass is 35.5. The van der Waals surface area contributed by atoms with Crippen LogP contribution < -0.4 is 4.72 Å². The Morgan fingerprint density at radius 1 is 1.44 bits per heavy atom. The Balaban J connectivity index is 3.02. The van der Waals surface area contributed by atoms with Gasteiger partial charge in [-0.25, -0.2) is 13.1 Å². The number of Topliss-reactive ketones (excluding diaryl/α,β-unsaturated/α-hetero) is 1. The Morgan fingerprint density at radius 2 is 2.11 bits per heavy atom. The highest BCUT2D eigenvalue weighted by Crippen LogP contribution is 2.13. The maximum atomic E-state index is 11.9. The second kappa shape index (κ2) is 6.13. The summed E-state index contributed by atoms with van der Waals surface area (Å²) < 4.78 is 26.0. The number of rotatable bonds is 6. The number of halogens is 1. The lowest BCUT2D eigenvalue weighted by molar-refractivity contribution is 0.0988. The van der Waals surface area contributed by atoms with E-state index in [1.54, 1.807) is 13.0 Å². The Hall–Kier alpha value is -1.17. The van der Waals surface area contributed by atoms with E-state index in [0.29, 0.717) is 12.0 Å². The molecule has 0 saturated carbocycles. The van der Waals surface area contributed by atoms with Crippen LogP contribution in [0.4, 0.5) is 0 Å². The number of nitrogens with one attached hydrogen (secondary N) is 1. The van der Waals surface area contributed by atoms with E-state index in [1.807, 2.05) is 0 Å². The molecule has 0 unspecified atom stereocenters. The van der Waals surface area contributed by atoms with Crippen molar-refractivity contribution in [2.45, 2.75) is 18.2 Å². The van der Waals surface area contributed by atoms with Gasteiger partial charge in [-0.2, -0.15) is 0 Å². The molecule has 0 bridgehead atoms. The van der Waals surface area contributed by atoms with E-state index in [9.17, 15) is 13.2 Å². The van der Waals surface area contributed by atoms with E-state index < -0.39 is 10.0 Å². The number of carbonyl (C=O) groups is 1.